The van der Waals surface area contributed by atoms with Gasteiger partial charge in [-0.15, -0.1) is 0 Å². The van der Waals surface area contributed by atoms with E-state index in [1.54, 1.807) is 4.57 Å². The van der Waals surface area contributed by atoms with Crippen LogP contribution in [0.2, 0.25) is 0 Å². The van der Waals surface area contributed by atoms with E-state index in [-0.39, 0.29) is 57.6 Å². The second-order valence-electron chi connectivity index (χ2n) is 15.6. The van der Waals surface area contributed by atoms with Crippen molar-refractivity contribution in [2.75, 3.05) is 0 Å². The first-order valence-electron chi connectivity index (χ1n) is 24.3. The lowest BCUT2D eigenvalue weighted by molar-refractivity contribution is 1.18. The van der Waals surface area contributed by atoms with Crippen LogP contribution in [0, 0.1) is 0 Å². The number of fused-ring (bicyclic) bond motifs is 6. The Morgan fingerprint density at radius 1 is 0.290 bits per heavy atom. The number of hydrogen-bond donors (Lipinski definition) is 0. The fourth-order valence-electron chi connectivity index (χ4n) is 9.07. The monoisotopic (exact) mass is 795 g/mol. The number of aromatic nitrogens is 2. The summed E-state index contributed by atoms with van der Waals surface area (Å²) in [5.41, 5.74) is 12.3. The van der Waals surface area contributed by atoms with E-state index in [1.165, 1.54) is 0 Å². The molecule has 0 aliphatic heterocycles. The third-order valence-corrected chi connectivity index (χ3v) is 11.9. The van der Waals surface area contributed by atoms with E-state index < -0.39 is 12.1 Å². The van der Waals surface area contributed by atoms with E-state index in [9.17, 15) is 6.85 Å². The molecule has 2 aromatic heterocycles. The molecule has 2 heterocycles. The highest BCUT2D eigenvalue weighted by atomic mass is 15.0. The molecule has 0 aliphatic carbocycles. The van der Waals surface area contributed by atoms with Crippen molar-refractivity contribution in [2.24, 2.45) is 0 Å². The largest absolute Gasteiger partial charge is 0.309 e. The van der Waals surface area contributed by atoms with Gasteiger partial charge in [0.15, 0.2) is 0 Å². The summed E-state index contributed by atoms with van der Waals surface area (Å²) in [6.07, 6.45) is 0. The molecule has 0 spiro atoms. The van der Waals surface area contributed by atoms with E-state index in [1.807, 2.05) is 127 Å². The van der Waals surface area contributed by atoms with Gasteiger partial charge >= 0.3 is 0 Å². The molecule has 0 saturated carbocycles. The topological polar surface area (TPSA) is 9.86 Å². The molecule has 62 heavy (non-hydrogen) atoms. The maximum atomic E-state index is 10.1. The molecule has 290 valence electrons. The first-order chi connectivity index (χ1) is 33.7. The van der Waals surface area contributed by atoms with Gasteiger partial charge in [-0.05, 0) is 122 Å². The third-order valence-electron chi connectivity index (χ3n) is 11.9. The lowest BCUT2D eigenvalue weighted by Gasteiger charge is -2.14. The fraction of sp³-hybridized carbons (Fsp3) is 0. The Bertz CT molecular complexity index is 3960. The van der Waals surface area contributed by atoms with Crippen LogP contribution in [0.15, 0.2) is 242 Å². The first kappa shape index (κ1) is 29.1. The minimum absolute atomic E-state index is 0.0933. The molecule has 0 bridgehead atoms. The zero-order valence-electron chi connectivity index (χ0n) is 40.4. The highest BCUT2D eigenvalue weighted by Crippen LogP contribution is 2.42. The van der Waals surface area contributed by atoms with Crippen LogP contribution in [0.4, 0.5) is 0 Å². The van der Waals surface area contributed by atoms with Crippen LogP contribution < -0.4 is 0 Å². The van der Waals surface area contributed by atoms with Crippen LogP contribution in [0.1, 0.15) is 9.60 Å². The summed E-state index contributed by atoms with van der Waals surface area (Å²) in [4.78, 5) is 0. The van der Waals surface area contributed by atoms with Crippen LogP contribution in [0.5, 0.6) is 0 Å². The van der Waals surface area contributed by atoms with Gasteiger partial charge in [-0.1, -0.05) is 176 Å². The molecule has 0 radical (unpaired) electrons. The van der Waals surface area contributed by atoms with Gasteiger partial charge < -0.3 is 9.13 Å². The summed E-state index contributed by atoms with van der Waals surface area (Å²) in [6, 6.07) is 65.1. The molecule has 10 aromatic carbocycles. The number of rotatable bonds is 7. The molecule has 2 heteroatoms. The Labute approximate surface area is 370 Å². The van der Waals surface area contributed by atoms with Crippen molar-refractivity contribution in [3.05, 3.63) is 242 Å². The van der Waals surface area contributed by atoms with E-state index in [0.717, 1.165) is 72.0 Å². The van der Waals surface area contributed by atoms with Crippen molar-refractivity contribution >= 4 is 43.6 Å². The third kappa shape index (κ3) is 6.04. The summed E-state index contributed by atoms with van der Waals surface area (Å²) in [7, 11) is 0. The van der Waals surface area contributed by atoms with Crippen molar-refractivity contribution in [1.29, 1.82) is 0 Å². The Morgan fingerprint density at radius 3 is 1.53 bits per heavy atom. The van der Waals surface area contributed by atoms with Gasteiger partial charge in [0.2, 0.25) is 0 Å². The summed E-state index contributed by atoms with van der Waals surface area (Å²) in [5.74, 6) is 0. The minimum Gasteiger partial charge on any atom is -0.309 e. The lowest BCUT2D eigenvalue weighted by atomic mass is 9.97. The summed E-state index contributed by atoms with van der Waals surface area (Å²) in [6.45, 7) is 0. The van der Waals surface area contributed by atoms with Gasteiger partial charge in [0.25, 0.3) is 0 Å². The van der Waals surface area contributed by atoms with E-state index in [2.05, 4.69) is 77.4 Å². The highest BCUT2D eigenvalue weighted by molar-refractivity contribution is 6.17. The van der Waals surface area contributed by atoms with Crippen molar-refractivity contribution in [1.82, 2.24) is 9.13 Å². The van der Waals surface area contributed by atoms with E-state index in [4.69, 9.17) is 2.74 Å². The van der Waals surface area contributed by atoms with Gasteiger partial charge in [-0.25, -0.2) is 0 Å². The van der Waals surface area contributed by atoms with Crippen LogP contribution in [0.3, 0.4) is 0 Å². The first-order valence-corrected chi connectivity index (χ1v) is 20.8. The SMILES string of the molecule is [2H]c1c([2H])c([2H])c2c(c1[2H])c1c([2H])c(-c3ccc4c(c3)c3c(-c5ccccc5)cccc3n4-c3cccc(-c4ccccc4)c3)c([2H])c([2H])c1n2-c1cc(-c2ccccc2)cc(-c2ccccc2)c1. The van der Waals surface area contributed by atoms with Crippen LogP contribution >= 0.6 is 0 Å². The number of para-hydroxylation sites is 1. The molecule has 0 fully saturated rings. The van der Waals surface area contributed by atoms with Crippen LogP contribution in [-0.4, -0.2) is 9.13 Å². The van der Waals surface area contributed by atoms with Crippen LogP contribution in [-0.2, 0) is 0 Å². The number of nitrogens with zero attached hydrogens (tertiary/aromatic N) is 2. The van der Waals surface area contributed by atoms with E-state index in [0.29, 0.717) is 11.3 Å². The second kappa shape index (κ2) is 14.8. The highest BCUT2D eigenvalue weighted by Gasteiger charge is 2.19. The molecule has 0 atom stereocenters. The maximum absolute atomic E-state index is 10.1. The average Bonchev–Trinajstić information content (AvgIpc) is 3.94. The molecular weight excluding hydrogens is 749 g/mol. The standard InChI is InChI=1S/C60H40N2/c1-5-17-41(18-6-1)45-25-15-26-50(36-45)61-58-34-32-47(40-55(58)60-52(28-16-30-59(60)61)44-23-11-4-12-24-44)46-31-33-57-54(39-46)53-27-13-14-29-56(53)62(57)51-37-48(42-19-7-2-8-20-42)35-49(38-51)43-21-9-3-10-22-43/h1-40H/i13D,14D,27D,29D,31D,33D,39D. The van der Waals surface area contributed by atoms with Gasteiger partial charge in [0.1, 0.15) is 0 Å². The Balaban J connectivity index is 1.15. The normalized spacial score (nSPS) is 13.1. The smallest absolute Gasteiger partial charge is 0.0645 e. The molecule has 0 unspecified atom stereocenters. The minimum atomic E-state index is -0.434. The Morgan fingerprint density at radius 2 is 0.839 bits per heavy atom. The van der Waals surface area contributed by atoms with Crippen molar-refractivity contribution < 1.29 is 9.60 Å². The Kier molecular flexibility index (Phi) is 6.95. The van der Waals surface area contributed by atoms with Gasteiger partial charge in [0.05, 0.1) is 31.7 Å². The zero-order valence-corrected chi connectivity index (χ0v) is 33.4. The molecule has 0 amide bonds. The summed E-state index contributed by atoms with van der Waals surface area (Å²) >= 11 is 0. The van der Waals surface area contributed by atoms with Crippen molar-refractivity contribution in [3.63, 3.8) is 0 Å². The molecule has 12 rings (SSSR count). The molecule has 2 nitrogen and oxygen atoms in total. The maximum Gasteiger partial charge on any atom is 0.0645 e. The molecule has 0 N–H and O–H groups in total. The quantitative estimate of drug-likeness (QED) is 0.152. The number of benzene rings is 10. The van der Waals surface area contributed by atoms with Crippen LogP contribution in [0.25, 0.3) is 111 Å². The number of hydrogen-bond acceptors (Lipinski definition) is 0. The zero-order chi connectivity index (χ0) is 47.1. The van der Waals surface area contributed by atoms with Crippen molar-refractivity contribution in [2.45, 2.75) is 0 Å². The summed E-state index contributed by atoms with van der Waals surface area (Å²) in [5, 5.41) is 2.20. The van der Waals surface area contributed by atoms with E-state index >= 15 is 0 Å². The molecule has 0 aliphatic rings. The summed E-state index contributed by atoms with van der Waals surface area (Å²) < 4.78 is 70.4. The van der Waals surface area contributed by atoms with Gasteiger partial charge in [0, 0.05) is 32.9 Å². The molecule has 0 saturated heterocycles. The fourth-order valence-corrected chi connectivity index (χ4v) is 9.07. The van der Waals surface area contributed by atoms with Gasteiger partial charge in [-0.2, -0.15) is 0 Å². The van der Waals surface area contributed by atoms with Crippen molar-refractivity contribution in [3.8, 4) is 67.0 Å². The second-order valence-corrected chi connectivity index (χ2v) is 15.6. The predicted molar refractivity (Wildman–Crippen MR) is 262 cm³/mol. The average molecular weight is 796 g/mol. The molecular formula is C60H40N2. The lowest BCUT2D eigenvalue weighted by Crippen LogP contribution is -1.96. The van der Waals surface area contributed by atoms with Gasteiger partial charge in [-0.3, -0.25) is 0 Å². The Hall–Kier alpha value is -8.20. The molecule has 12 aromatic rings. The predicted octanol–water partition coefficient (Wildman–Crippen LogP) is 16.2.